The van der Waals surface area contributed by atoms with Crippen LogP contribution in [0.15, 0.2) is 21.7 Å². The van der Waals surface area contributed by atoms with Gasteiger partial charge >= 0.3 is 0 Å². The maximum absolute atomic E-state index is 12.3. The third-order valence-corrected chi connectivity index (χ3v) is 6.37. The normalized spacial score (nSPS) is 21.7. The molecule has 1 aromatic rings. The number of hydrogen-bond donors (Lipinski definition) is 1. The Morgan fingerprint density at radius 2 is 2.30 bits per heavy atom. The van der Waals surface area contributed by atoms with Gasteiger partial charge in [-0.05, 0) is 37.1 Å². The predicted octanol–water partition coefficient (Wildman–Crippen LogP) is 1.67. The number of sulfonamides is 1. The van der Waals surface area contributed by atoms with Crippen molar-refractivity contribution in [2.45, 2.75) is 36.9 Å². The van der Waals surface area contributed by atoms with Crippen molar-refractivity contribution < 1.29 is 13.2 Å². The van der Waals surface area contributed by atoms with Gasteiger partial charge in [0.05, 0.1) is 6.04 Å². The van der Waals surface area contributed by atoms with Gasteiger partial charge in [0.2, 0.25) is 5.91 Å². The monoisotopic (exact) mass is 316 g/mol. The van der Waals surface area contributed by atoms with E-state index in [4.69, 9.17) is 0 Å². The number of nitrogens with zero attached hydrogens (tertiary/aromatic N) is 1. The summed E-state index contributed by atoms with van der Waals surface area (Å²) in [7, 11) is -3.59. The molecule has 0 aromatic carbocycles. The lowest BCUT2D eigenvalue weighted by Gasteiger charge is -2.32. The van der Waals surface area contributed by atoms with E-state index in [-0.39, 0.29) is 10.1 Å². The number of amides is 1. The van der Waals surface area contributed by atoms with Crippen LogP contribution in [0, 0.1) is 5.92 Å². The quantitative estimate of drug-likeness (QED) is 0.919. The Balaban J connectivity index is 2.01. The van der Waals surface area contributed by atoms with Gasteiger partial charge in [0.15, 0.2) is 0 Å². The van der Waals surface area contributed by atoms with Gasteiger partial charge in [-0.25, -0.2) is 8.42 Å². The van der Waals surface area contributed by atoms with Crippen LogP contribution in [0.5, 0.6) is 0 Å². The first-order valence-corrected chi connectivity index (χ1v) is 9.11. The number of carbonyl (C=O) groups excluding carboxylic acids is 1. The molecule has 0 spiro atoms. The molecule has 0 radical (unpaired) electrons. The lowest BCUT2D eigenvalue weighted by atomic mass is 10.00. The molecule has 1 aliphatic rings. The maximum atomic E-state index is 12.3. The molecule has 20 heavy (non-hydrogen) atoms. The summed E-state index contributed by atoms with van der Waals surface area (Å²) in [5.74, 6) is 0.338. The third kappa shape index (κ3) is 3.59. The molecule has 2 unspecified atom stereocenters. The Bertz CT molecular complexity index is 554. The largest absolute Gasteiger partial charge is 0.341 e. The minimum atomic E-state index is -3.59. The minimum Gasteiger partial charge on any atom is -0.341 e. The second-order valence-corrected chi connectivity index (χ2v) is 8.20. The fourth-order valence-corrected chi connectivity index (χ4v) is 4.63. The summed E-state index contributed by atoms with van der Waals surface area (Å²) in [5, 5.41) is 1.70. The van der Waals surface area contributed by atoms with Crippen LogP contribution in [0.2, 0.25) is 0 Å². The summed E-state index contributed by atoms with van der Waals surface area (Å²) >= 11 is 1.14. The van der Waals surface area contributed by atoms with E-state index in [1.54, 1.807) is 23.3 Å². The van der Waals surface area contributed by atoms with Crippen molar-refractivity contribution >= 4 is 27.3 Å². The van der Waals surface area contributed by atoms with E-state index in [0.717, 1.165) is 24.2 Å². The standard InChI is InChI=1S/C13H20N2O3S2/c1-10-5-3-7-15(9-10)13(16)11(2)14-20(17,18)12-6-4-8-19-12/h4,6,8,10-11,14H,3,5,7,9H2,1-2H3. The second-order valence-electron chi connectivity index (χ2n) is 5.31. The Morgan fingerprint density at radius 1 is 1.55 bits per heavy atom. The molecule has 0 saturated carbocycles. The molecule has 7 heteroatoms. The van der Waals surface area contributed by atoms with Crippen molar-refractivity contribution in [2.24, 2.45) is 5.92 Å². The van der Waals surface area contributed by atoms with E-state index in [2.05, 4.69) is 11.6 Å². The number of thiophene rings is 1. The molecule has 112 valence electrons. The predicted molar refractivity (Wildman–Crippen MR) is 79.1 cm³/mol. The Morgan fingerprint density at radius 3 is 2.90 bits per heavy atom. The topological polar surface area (TPSA) is 66.5 Å². The summed E-state index contributed by atoms with van der Waals surface area (Å²) in [6.07, 6.45) is 2.11. The fraction of sp³-hybridized carbons (Fsp3) is 0.615. The zero-order chi connectivity index (χ0) is 14.8. The first-order valence-electron chi connectivity index (χ1n) is 6.75. The first kappa shape index (κ1) is 15.5. The maximum Gasteiger partial charge on any atom is 0.250 e. The lowest BCUT2D eigenvalue weighted by Crippen LogP contribution is -2.49. The van der Waals surface area contributed by atoms with Crippen LogP contribution in [0.4, 0.5) is 0 Å². The van der Waals surface area contributed by atoms with Crippen LogP contribution < -0.4 is 4.72 Å². The number of carbonyl (C=O) groups is 1. The summed E-state index contributed by atoms with van der Waals surface area (Å²) < 4.78 is 26.9. The van der Waals surface area contributed by atoms with E-state index >= 15 is 0 Å². The van der Waals surface area contributed by atoms with Crippen molar-refractivity contribution in [2.75, 3.05) is 13.1 Å². The first-order chi connectivity index (χ1) is 9.40. The summed E-state index contributed by atoms with van der Waals surface area (Å²) in [6.45, 7) is 5.14. The molecule has 2 rings (SSSR count). The van der Waals surface area contributed by atoms with Gasteiger partial charge in [-0.3, -0.25) is 4.79 Å². The average molecular weight is 316 g/mol. The highest BCUT2D eigenvalue weighted by Gasteiger charge is 2.28. The molecular weight excluding hydrogens is 296 g/mol. The Hall–Kier alpha value is -0.920. The van der Waals surface area contributed by atoms with Crippen molar-refractivity contribution in [1.82, 2.24) is 9.62 Å². The van der Waals surface area contributed by atoms with Gasteiger partial charge in [-0.2, -0.15) is 4.72 Å². The molecule has 1 aromatic heterocycles. The van der Waals surface area contributed by atoms with Gasteiger partial charge in [0, 0.05) is 13.1 Å². The number of piperidine rings is 1. The van der Waals surface area contributed by atoms with Crippen molar-refractivity contribution in [3.63, 3.8) is 0 Å². The highest BCUT2D eigenvalue weighted by Crippen LogP contribution is 2.18. The van der Waals surface area contributed by atoms with E-state index in [1.807, 2.05) is 0 Å². The van der Waals surface area contributed by atoms with Gasteiger partial charge in [-0.15, -0.1) is 11.3 Å². The second kappa shape index (κ2) is 6.24. The number of rotatable bonds is 4. The van der Waals surface area contributed by atoms with E-state index in [9.17, 15) is 13.2 Å². The van der Waals surface area contributed by atoms with Crippen molar-refractivity contribution in [3.8, 4) is 0 Å². The molecule has 2 atom stereocenters. The summed E-state index contributed by atoms with van der Waals surface area (Å²) in [5.41, 5.74) is 0. The molecule has 5 nitrogen and oxygen atoms in total. The van der Waals surface area contributed by atoms with Gasteiger partial charge in [0.1, 0.15) is 4.21 Å². The zero-order valence-corrected chi connectivity index (χ0v) is 13.3. The van der Waals surface area contributed by atoms with Crippen LogP contribution >= 0.6 is 11.3 Å². The highest BCUT2D eigenvalue weighted by atomic mass is 32.2. The smallest absolute Gasteiger partial charge is 0.250 e. The lowest BCUT2D eigenvalue weighted by molar-refractivity contribution is -0.134. The number of likely N-dealkylation sites (tertiary alicyclic amines) is 1. The van der Waals surface area contributed by atoms with Crippen LogP contribution in [0.3, 0.4) is 0 Å². The van der Waals surface area contributed by atoms with E-state index < -0.39 is 16.1 Å². The molecule has 2 heterocycles. The van der Waals surface area contributed by atoms with Crippen LogP contribution in [0.1, 0.15) is 26.7 Å². The molecule has 0 bridgehead atoms. The molecule has 1 fully saturated rings. The Labute approximate surface area is 124 Å². The van der Waals surface area contributed by atoms with Gasteiger partial charge in [-0.1, -0.05) is 13.0 Å². The van der Waals surface area contributed by atoms with E-state index in [0.29, 0.717) is 19.0 Å². The van der Waals surface area contributed by atoms with Crippen LogP contribution in [-0.4, -0.2) is 38.4 Å². The SMILES string of the molecule is CC1CCCN(C(=O)C(C)NS(=O)(=O)c2cccs2)C1. The molecular formula is C13H20N2O3S2. The Kier molecular flexibility index (Phi) is 4.82. The molecule has 1 amide bonds. The molecule has 1 saturated heterocycles. The molecule has 0 aliphatic carbocycles. The third-order valence-electron chi connectivity index (χ3n) is 3.43. The summed E-state index contributed by atoms with van der Waals surface area (Å²) in [6, 6.07) is 2.48. The van der Waals surface area contributed by atoms with Crippen LogP contribution in [-0.2, 0) is 14.8 Å². The van der Waals surface area contributed by atoms with E-state index in [1.165, 1.54) is 6.07 Å². The van der Waals surface area contributed by atoms with Crippen molar-refractivity contribution in [3.05, 3.63) is 17.5 Å². The minimum absolute atomic E-state index is 0.142. The molecule has 1 aliphatic heterocycles. The van der Waals surface area contributed by atoms with Gasteiger partial charge < -0.3 is 4.90 Å². The fourth-order valence-electron chi connectivity index (χ4n) is 2.42. The zero-order valence-electron chi connectivity index (χ0n) is 11.7. The number of hydrogen-bond acceptors (Lipinski definition) is 4. The van der Waals surface area contributed by atoms with Gasteiger partial charge in [0.25, 0.3) is 10.0 Å². The number of nitrogens with one attached hydrogen (secondary N) is 1. The highest BCUT2D eigenvalue weighted by molar-refractivity contribution is 7.91. The summed E-state index contributed by atoms with van der Waals surface area (Å²) in [4.78, 5) is 14.1. The van der Waals surface area contributed by atoms with Crippen LogP contribution in [0.25, 0.3) is 0 Å². The molecule has 1 N–H and O–H groups in total. The average Bonchev–Trinajstić information content (AvgIpc) is 2.92. The van der Waals surface area contributed by atoms with Crippen molar-refractivity contribution in [1.29, 1.82) is 0 Å².